The Morgan fingerprint density at radius 1 is 1.60 bits per heavy atom. The van der Waals surface area contributed by atoms with Crippen molar-refractivity contribution in [3.63, 3.8) is 0 Å². The Labute approximate surface area is 88.9 Å². The highest BCUT2D eigenvalue weighted by molar-refractivity contribution is 5.94. The molecular weight excluding hydrogens is 188 g/mol. The second-order valence-corrected chi connectivity index (χ2v) is 3.76. The van der Waals surface area contributed by atoms with E-state index in [9.17, 15) is 4.79 Å². The molecule has 15 heavy (non-hydrogen) atoms. The maximum Gasteiger partial charge on any atom is 0.252 e. The molecule has 3 heteroatoms. The van der Waals surface area contributed by atoms with Crippen LogP contribution < -0.4 is 5.32 Å². The van der Waals surface area contributed by atoms with Crippen molar-refractivity contribution < 1.29 is 4.79 Å². The number of hydrogen-bond acceptors (Lipinski definition) is 2. The van der Waals surface area contributed by atoms with Crippen molar-refractivity contribution in [3.8, 4) is 12.3 Å². The lowest BCUT2D eigenvalue weighted by Gasteiger charge is -2.03. The molecule has 1 aromatic rings. The Bertz CT molecular complexity index is 416. The molecule has 3 nitrogen and oxygen atoms in total. The molecule has 0 unspecified atom stereocenters. The van der Waals surface area contributed by atoms with Gasteiger partial charge in [0, 0.05) is 24.5 Å². The van der Waals surface area contributed by atoms with E-state index in [2.05, 4.69) is 16.2 Å². The molecule has 1 aliphatic rings. The summed E-state index contributed by atoms with van der Waals surface area (Å²) in [5.41, 5.74) is 1.17. The highest BCUT2D eigenvalue weighted by atomic mass is 16.1. The number of amides is 1. The van der Waals surface area contributed by atoms with Crippen LogP contribution in [0, 0.1) is 18.3 Å². The van der Waals surface area contributed by atoms with Crippen LogP contribution in [0.3, 0.4) is 0 Å². The highest BCUT2D eigenvalue weighted by Crippen LogP contribution is 2.27. The number of terminal acetylenes is 1. The van der Waals surface area contributed by atoms with Crippen LogP contribution in [-0.2, 0) is 0 Å². The van der Waals surface area contributed by atoms with Gasteiger partial charge in [0.25, 0.3) is 5.91 Å². The summed E-state index contributed by atoms with van der Waals surface area (Å²) in [5, 5.41) is 2.86. The first-order valence-corrected chi connectivity index (χ1v) is 4.99. The van der Waals surface area contributed by atoms with E-state index in [1.165, 1.54) is 19.0 Å². The lowest BCUT2D eigenvalue weighted by molar-refractivity contribution is 0.0951. The van der Waals surface area contributed by atoms with Gasteiger partial charge in [-0.15, -0.1) is 6.42 Å². The van der Waals surface area contributed by atoms with Crippen molar-refractivity contribution in [1.29, 1.82) is 0 Å². The molecule has 2 rings (SSSR count). The number of pyridine rings is 1. The van der Waals surface area contributed by atoms with Crippen LogP contribution in [0.5, 0.6) is 0 Å². The summed E-state index contributed by atoms with van der Waals surface area (Å²) in [7, 11) is 0. The van der Waals surface area contributed by atoms with Gasteiger partial charge in [0.05, 0.1) is 5.56 Å². The summed E-state index contributed by atoms with van der Waals surface area (Å²) in [6.45, 7) is 0.763. The zero-order valence-electron chi connectivity index (χ0n) is 8.36. The first kappa shape index (κ1) is 9.72. The van der Waals surface area contributed by atoms with Crippen molar-refractivity contribution in [2.75, 3.05) is 6.54 Å². The van der Waals surface area contributed by atoms with Crippen LogP contribution in [0.4, 0.5) is 0 Å². The Balaban J connectivity index is 2.00. The summed E-state index contributed by atoms with van der Waals surface area (Å²) in [6, 6.07) is 1.68. The molecule has 1 aliphatic carbocycles. The molecule has 1 amide bonds. The number of hydrogen-bond donors (Lipinski definition) is 1. The number of aromatic nitrogens is 1. The largest absolute Gasteiger partial charge is 0.352 e. The minimum Gasteiger partial charge on any atom is -0.352 e. The fourth-order valence-electron chi connectivity index (χ4n) is 1.30. The summed E-state index contributed by atoms with van der Waals surface area (Å²) < 4.78 is 0. The van der Waals surface area contributed by atoms with E-state index in [4.69, 9.17) is 6.42 Å². The van der Waals surface area contributed by atoms with Crippen LogP contribution in [0.25, 0.3) is 0 Å². The summed E-state index contributed by atoms with van der Waals surface area (Å²) >= 11 is 0. The minimum absolute atomic E-state index is 0.0912. The Morgan fingerprint density at radius 2 is 2.40 bits per heavy atom. The quantitative estimate of drug-likeness (QED) is 0.745. The van der Waals surface area contributed by atoms with Crippen molar-refractivity contribution in [2.24, 2.45) is 5.92 Å². The van der Waals surface area contributed by atoms with Crippen LogP contribution in [0.2, 0.25) is 0 Å². The first-order valence-electron chi connectivity index (χ1n) is 4.99. The van der Waals surface area contributed by atoms with E-state index in [0.717, 1.165) is 6.54 Å². The van der Waals surface area contributed by atoms with Gasteiger partial charge in [-0.05, 0) is 24.8 Å². The molecule has 0 spiro atoms. The predicted molar refractivity (Wildman–Crippen MR) is 57.2 cm³/mol. The molecule has 1 fully saturated rings. The standard InChI is InChI=1S/C12H12N2O/c1-2-9-5-11(8-13-6-9)12(15)14-7-10-3-4-10/h1,5-6,8,10H,3-4,7H2,(H,14,15). The third kappa shape index (κ3) is 2.57. The Hall–Kier alpha value is -1.82. The van der Waals surface area contributed by atoms with Gasteiger partial charge in [0.15, 0.2) is 0 Å². The number of nitrogens with one attached hydrogen (secondary N) is 1. The average Bonchev–Trinajstić information content (AvgIpc) is 3.10. The van der Waals surface area contributed by atoms with Crippen LogP contribution in [0.15, 0.2) is 18.5 Å². The second-order valence-electron chi connectivity index (χ2n) is 3.76. The molecule has 0 aromatic carbocycles. The summed E-state index contributed by atoms with van der Waals surface area (Å²) in [5.74, 6) is 3.04. The normalized spacial score (nSPS) is 14.3. The fraction of sp³-hybridized carbons (Fsp3) is 0.333. The molecule has 0 radical (unpaired) electrons. The number of nitrogens with zero attached hydrogens (tertiary/aromatic N) is 1. The van der Waals surface area contributed by atoms with Crippen LogP contribution in [0.1, 0.15) is 28.8 Å². The van der Waals surface area contributed by atoms with Gasteiger partial charge in [-0.1, -0.05) is 5.92 Å². The van der Waals surface area contributed by atoms with E-state index >= 15 is 0 Å². The van der Waals surface area contributed by atoms with Crippen LogP contribution >= 0.6 is 0 Å². The molecule has 0 aliphatic heterocycles. The van der Waals surface area contributed by atoms with E-state index in [0.29, 0.717) is 17.0 Å². The lowest BCUT2D eigenvalue weighted by Crippen LogP contribution is -2.25. The first-order chi connectivity index (χ1) is 7.29. The highest BCUT2D eigenvalue weighted by Gasteiger charge is 2.21. The number of carbonyl (C=O) groups excluding carboxylic acids is 1. The van der Waals surface area contributed by atoms with Gasteiger partial charge < -0.3 is 5.32 Å². The minimum atomic E-state index is -0.0912. The zero-order chi connectivity index (χ0) is 10.7. The summed E-state index contributed by atoms with van der Waals surface area (Å²) in [4.78, 5) is 15.5. The topological polar surface area (TPSA) is 42.0 Å². The smallest absolute Gasteiger partial charge is 0.252 e. The van der Waals surface area contributed by atoms with Crippen molar-refractivity contribution >= 4 is 5.91 Å². The van der Waals surface area contributed by atoms with Crippen molar-refractivity contribution in [2.45, 2.75) is 12.8 Å². The predicted octanol–water partition coefficient (Wildman–Crippen LogP) is 1.20. The summed E-state index contributed by atoms with van der Waals surface area (Å²) in [6.07, 6.45) is 10.8. The van der Waals surface area contributed by atoms with Gasteiger partial charge in [0.2, 0.25) is 0 Å². The molecule has 76 valence electrons. The molecule has 1 aromatic heterocycles. The Morgan fingerprint density at radius 3 is 3.07 bits per heavy atom. The lowest BCUT2D eigenvalue weighted by atomic mass is 10.2. The third-order valence-electron chi connectivity index (χ3n) is 2.42. The molecule has 1 heterocycles. The van der Waals surface area contributed by atoms with Gasteiger partial charge in [-0.25, -0.2) is 0 Å². The molecule has 0 saturated heterocycles. The molecule has 1 N–H and O–H groups in total. The fourth-order valence-corrected chi connectivity index (χ4v) is 1.30. The molecule has 0 atom stereocenters. The molecule has 0 bridgehead atoms. The van der Waals surface area contributed by atoms with E-state index in [-0.39, 0.29) is 5.91 Å². The van der Waals surface area contributed by atoms with Crippen molar-refractivity contribution in [3.05, 3.63) is 29.6 Å². The monoisotopic (exact) mass is 200 g/mol. The van der Waals surface area contributed by atoms with Gasteiger partial charge >= 0.3 is 0 Å². The maximum atomic E-state index is 11.6. The van der Waals surface area contributed by atoms with Crippen LogP contribution in [-0.4, -0.2) is 17.4 Å². The average molecular weight is 200 g/mol. The van der Waals surface area contributed by atoms with Gasteiger partial charge in [-0.2, -0.15) is 0 Å². The zero-order valence-corrected chi connectivity index (χ0v) is 8.36. The Kier molecular flexibility index (Phi) is 2.68. The molecule has 1 saturated carbocycles. The van der Waals surface area contributed by atoms with Gasteiger partial charge in [-0.3, -0.25) is 9.78 Å². The molecular formula is C12H12N2O. The van der Waals surface area contributed by atoms with E-state index in [1.54, 1.807) is 12.3 Å². The van der Waals surface area contributed by atoms with Crippen molar-refractivity contribution in [1.82, 2.24) is 10.3 Å². The van der Waals surface area contributed by atoms with E-state index in [1.807, 2.05) is 0 Å². The number of rotatable bonds is 3. The number of carbonyl (C=O) groups is 1. The SMILES string of the molecule is C#Cc1cncc(C(=O)NCC2CC2)c1. The maximum absolute atomic E-state index is 11.6. The van der Waals surface area contributed by atoms with Gasteiger partial charge in [0.1, 0.15) is 0 Å². The van der Waals surface area contributed by atoms with E-state index < -0.39 is 0 Å². The third-order valence-corrected chi connectivity index (χ3v) is 2.42. The second kappa shape index (κ2) is 4.14.